The first-order chi connectivity index (χ1) is 8.03. The molecule has 3 rings (SSSR count). The molecule has 0 radical (unpaired) electrons. The number of benzene rings is 1. The minimum absolute atomic E-state index is 0.112. The Morgan fingerprint density at radius 1 is 1.29 bits per heavy atom. The molecular weight excluding hydrogens is 241 g/mol. The maximum absolute atomic E-state index is 13.6. The summed E-state index contributed by atoms with van der Waals surface area (Å²) in [7, 11) is -3.37. The summed E-state index contributed by atoms with van der Waals surface area (Å²) in [5, 5.41) is 2.99. The van der Waals surface area contributed by atoms with Crippen LogP contribution in [0.25, 0.3) is 0 Å². The van der Waals surface area contributed by atoms with Crippen molar-refractivity contribution in [2.24, 2.45) is 5.41 Å². The topological polar surface area (TPSA) is 46.2 Å². The first-order valence-corrected chi connectivity index (χ1v) is 7.43. The van der Waals surface area contributed by atoms with E-state index in [-0.39, 0.29) is 21.8 Å². The highest BCUT2D eigenvalue weighted by Crippen LogP contribution is 2.46. The van der Waals surface area contributed by atoms with Crippen molar-refractivity contribution in [3.05, 3.63) is 24.0 Å². The van der Waals surface area contributed by atoms with E-state index in [1.165, 1.54) is 18.2 Å². The molecule has 1 fully saturated rings. The van der Waals surface area contributed by atoms with Crippen molar-refractivity contribution < 1.29 is 12.8 Å². The van der Waals surface area contributed by atoms with Gasteiger partial charge in [-0.1, -0.05) is 12.5 Å². The quantitative estimate of drug-likeness (QED) is 0.773. The summed E-state index contributed by atoms with van der Waals surface area (Å²) in [5.41, 5.74) is -0.0270. The minimum atomic E-state index is -3.37. The molecule has 92 valence electrons. The maximum Gasteiger partial charge on any atom is 0.181 e. The number of anilines is 1. The van der Waals surface area contributed by atoms with Crippen LogP contribution < -0.4 is 5.32 Å². The van der Waals surface area contributed by atoms with Crippen LogP contribution in [-0.4, -0.2) is 20.7 Å². The van der Waals surface area contributed by atoms with E-state index in [1.54, 1.807) is 0 Å². The van der Waals surface area contributed by atoms with Crippen LogP contribution in [0.2, 0.25) is 0 Å². The SMILES string of the molecule is O=S1(=O)CC2(CCC2)CNc2c(F)cccc21. The summed E-state index contributed by atoms with van der Waals surface area (Å²) < 4.78 is 38.1. The number of sulfone groups is 1. The van der Waals surface area contributed by atoms with Crippen molar-refractivity contribution in [3.8, 4) is 0 Å². The summed E-state index contributed by atoms with van der Waals surface area (Å²) in [6, 6.07) is 4.23. The Bertz CT molecular complexity index is 564. The third-order valence-corrected chi connectivity index (χ3v) is 5.86. The van der Waals surface area contributed by atoms with Crippen LogP contribution in [0.3, 0.4) is 0 Å². The van der Waals surface area contributed by atoms with Crippen molar-refractivity contribution in [2.45, 2.75) is 24.2 Å². The van der Waals surface area contributed by atoms with Crippen LogP contribution in [0.4, 0.5) is 10.1 Å². The third-order valence-electron chi connectivity index (χ3n) is 3.86. The van der Waals surface area contributed by atoms with Crippen LogP contribution in [-0.2, 0) is 9.84 Å². The molecule has 2 aliphatic rings. The zero-order valence-corrected chi connectivity index (χ0v) is 10.2. The molecule has 1 saturated carbocycles. The van der Waals surface area contributed by atoms with Gasteiger partial charge in [0, 0.05) is 12.0 Å². The monoisotopic (exact) mass is 255 g/mol. The molecule has 1 aliphatic heterocycles. The normalized spacial score (nSPS) is 24.3. The van der Waals surface area contributed by atoms with Crippen molar-refractivity contribution in [2.75, 3.05) is 17.6 Å². The lowest BCUT2D eigenvalue weighted by molar-refractivity contribution is 0.184. The molecule has 17 heavy (non-hydrogen) atoms. The van der Waals surface area contributed by atoms with Crippen LogP contribution >= 0.6 is 0 Å². The lowest BCUT2D eigenvalue weighted by Crippen LogP contribution is -2.40. The summed E-state index contributed by atoms with van der Waals surface area (Å²) in [5.74, 6) is -0.342. The Morgan fingerprint density at radius 3 is 2.71 bits per heavy atom. The average Bonchev–Trinajstić information content (AvgIpc) is 2.34. The number of para-hydroxylation sites is 1. The summed E-state index contributed by atoms with van der Waals surface area (Å²) >= 11 is 0. The van der Waals surface area contributed by atoms with Gasteiger partial charge in [-0.25, -0.2) is 12.8 Å². The van der Waals surface area contributed by atoms with Crippen LogP contribution in [0.1, 0.15) is 19.3 Å². The van der Waals surface area contributed by atoms with Gasteiger partial charge in [-0.05, 0) is 25.0 Å². The molecule has 1 spiro atoms. The third kappa shape index (κ3) is 1.64. The molecule has 5 heteroatoms. The van der Waals surface area contributed by atoms with Gasteiger partial charge in [0.2, 0.25) is 0 Å². The van der Waals surface area contributed by atoms with E-state index >= 15 is 0 Å². The highest BCUT2D eigenvalue weighted by atomic mass is 32.2. The largest absolute Gasteiger partial charge is 0.381 e. The van der Waals surface area contributed by atoms with Gasteiger partial charge in [0.15, 0.2) is 9.84 Å². The Kier molecular flexibility index (Phi) is 2.23. The van der Waals surface area contributed by atoms with E-state index in [0.29, 0.717) is 6.54 Å². The standard InChI is InChI=1S/C12H14FNO2S/c13-9-3-1-4-10-11(9)14-7-12(5-2-6-12)8-17(10,15)16/h1,3-4,14H,2,5-8H2. The van der Waals surface area contributed by atoms with Crippen molar-refractivity contribution in [1.29, 1.82) is 0 Å². The molecule has 0 atom stereocenters. The highest BCUT2D eigenvalue weighted by molar-refractivity contribution is 7.91. The van der Waals surface area contributed by atoms with Gasteiger partial charge in [-0.3, -0.25) is 0 Å². The first-order valence-electron chi connectivity index (χ1n) is 5.78. The molecule has 1 aromatic carbocycles. The predicted molar refractivity (Wildman–Crippen MR) is 63.2 cm³/mol. The number of hydrogen-bond donors (Lipinski definition) is 1. The van der Waals surface area contributed by atoms with Crippen LogP contribution in [0.15, 0.2) is 23.1 Å². The summed E-state index contributed by atoms with van der Waals surface area (Å²) in [6.45, 7) is 0.556. The van der Waals surface area contributed by atoms with Gasteiger partial charge in [-0.15, -0.1) is 0 Å². The molecule has 1 heterocycles. The number of hydrogen-bond acceptors (Lipinski definition) is 3. The van der Waals surface area contributed by atoms with E-state index in [9.17, 15) is 12.8 Å². The lowest BCUT2D eigenvalue weighted by Gasteiger charge is -2.40. The Balaban J connectivity index is 2.13. The van der Waals surface area contributed by atoms with E-state index in [1.807, 2.05) is 0 Å². The molecule has 1 aromatic rings. The van der Waals surface area contributed by atoms with Gasteiger partial charge in [0.05, 0.1) is 16.3 Å². The number of halogens is 1. The van der Waals surface area contributed by atoms with E-state index in [4.69, 9.17) is 0 Å². The van der Waals surface area contributed by atoms with Crippen molar-refractivity contribution in [1.82, 2.24) is 0 Å². The molecule has 0 unspecified atom stereocenters. The molecular formula is C12H14FNO2S. The van der Waals surface area contributed by atoms with Gasteiger partial charge in [-0.2, -0.15) is 0 Å². The smallest absolute Gasteiger partial charge is 0.181 e. The molecule has 0 bridgehead atoms. The second-order valence-corrected chi connectivity index (χ2v) is 7.04. The Morgan fingerprint density at radius 2 is 2.06 bits per heavy atom. The number of rotatable bonds is 0. The van der Waals surface area contributed by atoms with Gasteiger partial charge >= 0.3 is 0 Å². The predicted octanol–water partition coefficient (Wildman–Crippen LogP) is 2.20. The number of fused-ring (bicyclic) bond motifs is 1. The van der Waals surface area contributed by atoms with Crippen LogP contribution in [0, 0.1) is 11.2 Å². The fourth-order valence-electron chi connectivity index (χ4n) is 2.74. The van der Waals surface area contributed by atoms with Crippen molar-refractivity contribution in [3.63, 3.8) is 0 Å². The summed E-state index contributed by atoms with van der Waals surface area (Å²) in [6.07, 6.45) is 2.89. The minimum Gasteiger partial charge on any atom is -0.381 e. The Hall–Kier alpha value is -1.10. The molecule has 1 N–H and O–H groups in total. The molecule has 0 aromatic heterocycles. The van der Waals surface area contributed by atoms with Gasteiger partial charge in [0.1, 0.15) is 5.82 Å². The molecule has 3 nitrogen and oxygen atoms in total. The maximum atomic E-state index is 13.6. The zero-order chi connectivity index (χ0) is 12.1. The van der Waals surface area contributed by atoms with Gasteiger partial charge in [0.25, 0.3) is 0 Å². The second-order valence-electron chi connectivity index (χ2n) is 5.08. The fourth-order valence-corrected chi connectivity index (χ4v) is 4.86. The van der Waals surface area contributed by atoms with Gasteiger partial charge < -0.3 is 5.32 Å². The van der Waals surface area contributed by atoms with E-state index < -0.39 is 15.7 Å². The second kappa shape index (κ2) is 3.45. The average molecular weight is 255 g/mol. The molecule has 1 aliphatic carbocycles. The zero-order valence-electron chi connectivity index (χ0n) is 9.37. The van der Waals surface area contributed by atoms with E-state index in [0.717, 1.165) is 19.3 Å². The fraction of sp³-hybridized carbons (Fsp3) is 0.500. The summed E-state index contributed by atoms with van der Waals surface area (Å²) in [4.78, 5) is 0.112. The molecule has 0 amide bonds. The first kappa shape index (κ1) is 11.0. The van der Waals surface area contributed by atoms with E-state index in [2.05, 4.69) is 5.32 Å². The lowest BCUT2D eigenvalue weighted by atomic mass is 9.70. The molecule has 0 saturated heterocycles. The highest BCUT2D eigenvalue weighted by Gasteiger charge is 2.44. The van der Waals surface area contributed by atoms with Crippen LogP contribution in [0.5, 0.6) is 0 Å². The Labute approximate surface area is 100.0 Å². The van der Waals surface area contributed by atoms with Crippen molar-refractivity contribution >= 4 is 15.5 Å². The number of nitrogens with one attached hydrogen (secondary N) is 1.